The Balaban J connectivity index is 1.50. The standard InChI is InChI=1S/C16H22N4OS/c1-19-15(13-22-12-9-20-7-10-21-11-8-20)17-18-16(19)14-5-3-2-4-6-14/h2-6H,7-13H2,1H3. The third-order valence-corrected chi connectivity index (χ3v) is 4.82. The fourth-order valence-corrected chi connectivity index (χ4v) is 3.47. The molecule has 0 aliphatic carbocycles. The van der Waals surface area contributed by atoms with E-state index in [-0.39, 0.29) is 0 Å². The Bertz CT molecular complexity index is 581. The maximum absolute atomic E-state index is 5.37. The Morgan fingerprint density at radius 3 is 2.68 bits per heavy atom. The number of ether oxygens (including phenoxy) is 1. The number of rotatable bonds is 6. The van der Waals surface area contributed by atoms with Gasteiger partial charge in [0.2, 0.25) is 0 Å². The highest BCUT2D eigenvalue weighted by Crippen LogP contribution is 2.19. The molecule has 0 radical (unpaired) electrons. The molecule has 0 unspecified atom stereocenters. The second-order valence-electron chi connectivity index (χ2n) is 5.37. The van der Waals surface area contributed by atoms with Crippen molar-refractivity contribution in [2.45, 2.75) is 5.75 Å². The topological polar surface area (TPSA) is 43.2 Å². The quantitative estimate of drug-likeness (QED) is 0.763. The van der Waals surface area contributed by atoms with Crippen LogP contribution in [0.3, 0.4) is 0 Å². The third-order valence-electron chi connectivity index (χ3n) is 3.88. The van der Waals surface area contributed by atoms with Crippen molar-refractivity contribution in [2.75, 3.05) is 38.6 Å². The Morgan fingerprint density at radius 2 is 1.91 bits per heavy atom. The molecule has 5 nitrogen and oxygen atoms in total. The van der Waals surface area contributed by atoms with Crippen LogP contribution in [0.4, 0.5) is 0 Å². The van der Waals surface area contributed by atoms with E-state index in [9.17, 15) is 0 Å². The van der Waals surface area contributed by atoms with E-state index < -0.39 is 0 Å². The molecule has 2 heterocycles. The van der Waals surface area contributed by atoms with Crippen LogP contribution in [-0.4, -0.2) is 58.3 Å². The molecule has 0 amide bonds. The predicted molar refractivity (Wildman–Crippen MR) is 89.9 cm³/mol. The molecule has 6 heteroatoms. The highest BCUT2D eigenvalue weighted by atomic mass is 32.2. The highest BCUT2D eigenvalue weighted by Gasteiger charge is 2.12. The normalized spacial score (nSPS) is 16.0. The van der Waals surface area contributed by atoms with Crippen LogP contribution in [0.25, 0.3) is 11.4 Å². The maximum Gasteiger partial charge on any atom is 0.163 e. The summed E-state index contributed by atoms with van der Waals surface area (Å²) >= 11 is 1.92. The van der Waals surface area contributed by atoms with Crippen molar-refractivity contribution in [1.29, 1.82) is 0 Å². The van der Waals surface area contributed by atoms with Gasteiger partial charge in [0.1, 0.15) is 5.82 Å². The van der Waals surface area contributed by atoms with Crippen molar-refractivity contribution in [1.82, 2.24) is 19.7 Å². The molecule has 1 aliphatic heterocycles. The number of benzene rings is 1. The summed E-state index contributed by atoms with van der Waals surface area (Å²) < 4.78 is 7.46. The number of morpholine rings is 1. The molecule has 0 saturated carbocycles. The lowest BCUT2D eigenvalue weighted by Gasteiger charge is -2.26. The zero-order chi connectivity index (χ0) is 15.2. The van der Waals surface area contributed by atoms with E-state index in [1.54, 1.807) is 0 Å². The first-order chi connectivity index (χ1) is 10.8. The van der Waals surface area contributed by atoms with Gasteiger partial charge >= 0.3 is 0 Å². The van der Waals surface area contributed by atoms with E-state index in [0.29, 0.717) is 0 Å². The van der Waals surface area contributed by atoms with Gasteiger partial charge in [0.15, 0.2) is 5.82 Å². The molecule has 118 valence electrons. The summed E-state index contributed by atoms with van der Waals surface area (Å²) in [5.41, 5.74) is 1.11. The SMILES string of the molecule is Cn1c(CSCCN2CCOCC2)nnc1-c1ccccc1. The van der Waals surface area contributed by atoms with E-state index in [1.807, 2.05) is 37.0 Å². The summed E-state index contributed by atoms with van der Waals surface area (Å²) in [7, 11) is 2.04. The number of aromatic nitrogens is 3. The summed E-state index contributed by atoms with van der Waals surface area (Å²) in [5.74, 6) is 3.99. The Labute approximate surface area is 135 Å². The second kappa shape index (κ2) is 7.76. The van der Waals surface area contributed by atoms with E-state index >= 15 is 0 Å². The molecular formula is C16H22N4OS. The van der Waals surface area contributed by atoms with Crippen LogP contribution in [0.15, 0.2) is 30.3 Å². The van der Waals surface area contributed by atoms with Crippen LogP contribution in [0.1, 0.15) is 5.82 Å². The van der Waals surface area contributed by atoms with E-state index in [1.165, 1.54) is 0 Å². The first-order valence-corrected chi connectivity index (χ1v) is 8.81. The summed E-state index contributed by atoms with van der Waals surface area (Å²) in [6.45, 7) is 4.98. The zero-order valence-corrected chi connectivity index (χ0v) is 13.8. The smallest absolute Gasteiger partial charge is 0.163 e. The van der Waals surface area contributed by atoms with Crippen LogP contribution < -0.4 is 0 Å². The van der Waals surface area contributed by atoms with E-state index in [2.05, 4.69) is 31.8 Å². The number of nitrogens with zero attached hydrogens (tertiary/aromatic N) is 4. The van der Waals surface area contributed by atoms with Crippen molar-refractivity contribution < 1.29 is 4.74 Å². The largest absolute Gasteiger partial charge is 0.379 e. The molecule has 2 aromatic rings. The van der Waals surface area contributed by atoms with Crippen molar-refractivity contribution in [3.8, 4) is 11.4 Å². The van der Waals surface area contributed by atoms with Crippen molar-refractivity contribution in [3.63, 3.8) is 0 Å². The van der Waals surface area contributed by atoms with Crippen LogP contribution >= 0.6 is 11.8 Å². The fraction of sp³-hybridized carbons (Fsp3) is 0.500. The first-order valence-electron chi connectivity index (χ1n) is 7.66. The summed E-state index contributed by atoms with van der Waals surface area (Å²) in [4.78, 5) is 2.46. The Kier molecular flexibility index (Phi) is 5.48. The number of thioether (sulfide) groups is 1. The molecule has 1 aromatic heterocycles. The van der Waals surface area contributed by atoms with Gasteiger partial charge in [-0.15, -0.1) is 10.2 Å². The van der Waals surface area contributed by atoms with Crippen molar-refractivity contribution >= 4 is 11.8 Å². The van der Waals surface area contributed by atoms with Crippen molar-refractivity contribution in [3.05, 3.63) is 36.2 Å². The lowest BCUT2D eigenvalue weighted by molar-refractivity contribution is 0.0410. The van der Waals surface area contributed by atoms with E-state index in [4.69, 9.17) is 4.74 Å². The van der Waals surface area contributed by atoms with Gasteiger partial charge in [0.05, 0.1) is 19.0 Å². The average molecular weight is 318 g/mol. The Hall–Kier alpha value is -1.37. The molecule has 3 rings (SSSR count). The molecule has 0 N–H and O–H groups in total. The summed E-state index contributed by atoms with van der Waals surface area (Å²) in [6, 6.07) is 10.2. The number of hydrogen-bond donors (Lipinski definition) is 0. The number of hydrogen-bond acceptors (Lipinski definition) is 5. The lowest BCUT2D eigenvalue weighted by Crippen LogP contribution is -2.37. The minimum atomic E-state index is 0.869. The van der Waals surface area contributed by atoms with Gasteiger partial charge in [-0.3, -0.25) is 4.90 Å². The Morgan fingerprint density at radius 1 is 1.14 bits per heavy atom. The first kappa shape index (κ1) is 15.5. The average Bonchev–Trinajstić information content (AvgIpc) is 2.94. The fourth-order valence-electron chi connectivity index (χ4n) is 2.51. The van der Waals surface area contributed by atoms with E-state index in [0.717, 1.165) is 61.6 Å². The summed E-state index contributed by atoms with van der Waals surface area (Å²) in [5, 5.41) is 8.66. The third kappa shape index (κ3) is 3.88. The van der Waals surface area contributed by atoms with Crippen LogP contribution in [-0.2, 0) is 17.5 Å². The van der Waals surface area contributed by atoms with Crippen LogP contribution in [0, 0.1) is 0 Å². The molecule has 1 fully saturated rings. The zero-order valence-electron chi connectivity index (χ0n) is 12.9. The monoisotopic (exact) mass is 318 g/mol. The van der Waals surface area contributed by atoms with Gasteiger partial charge in [-0.05, 0) is 0 Å². The van der Waals surface area contributed by atoms with Gasteiger partial charge in [-0.1, -0.05) is 30.3 Å². The molecule has 0 atom stereocenters. The molecule has 22 heavy (non-hydrogen) atoms. The molecule has 1 aromatic carbocycles. The molecule has 1 saturated heterocycles. The lowest BCUT2D eigenvalue weighted by atomic mass is 10.2. The van der Waals surface area contributed by atoms with Gasteiger partial charge < -0.3 is 9.30 Å². The molecule has 0 bridgehead atoms. The predicted octanol–water partition coefficient (Wildman–Crippen LogP) is 2.05. The second-order valence-corrected chi connectivity index (χ2v) is 6.48. The maximum atomic E-state index is 5.37. The van der Waals surface area contributed by atoms with Crippen LogP contribution in [0.2, 0.25) is 0 Å². The van der Waals surface area contributed by atoms with Gasteiger partial charge in [0, 0.05) is 38.0 Å². The van der Waals surface area contributed by atoms with Gasteiger partial charge in [-0.2, -0.15) is 11.8 Å². The summed E-state index contributed by atoms with van der Waals surface area (Å²) in [6.07, 6.45) is 0. The highest BCUT2D eigenvalue weighted by molar-refractivity contribution is 7.98. The van der Waals surface area contributed by atoms with Crippen molar-refractivity contribution in [2.24, 2.45) is 7.05 Å². The van der Waals surface area contributed by atoms with Gasteiger partial charge in [-0.25, -0.2) is 0 Å². The molecular weight excluding hydrogens is 296 g/mol. The molecule has 1 aliphatic rings. The van der Waals surface area contributed by atoms with Crippen LogP contribution in [0.5, 0.6) is 0 Å². The molecule has 0 spiro atoms. The van der Waals surface area contributed by atoms with Gasteiger partial charge in [0.25, 0.3) is 0 Å². The minimum Gasteiger partial charge on any atom is -0.379 e. The minimum absolute atomic E-state index is 0.869.